The van der Waals surface area contributed by atoms with Gasteiger partial charge in [-0.3, -0.25) is 9.59 Å². The molecule has 2 aromatic rings. The average molecular weight is 446 g/mol. The first-order valence-corrected chi connectivity index (χ1v) is 12.1. The maximum atomic E-state index is 13.8. The number of hydrogen-bond acceptors (Lipinski definition) is 4. The van der Waals surface area contributed by atoms with Gasteiger partial charge in [-0.2, -0.15) is 0 Å². The molecule has 2 amide bonds. The third-order valence-electron chi connectivity index (χ3n) is 8.71. The Balaban J connectivity index is 1.23. The van der Waals surface area contributed by atoms with E-state index in [1.54, 1.807) is 7.11 Å². The number of carbonyl (C=O) groups excluding carboxylic acids is 2. The molecule has 172 valence electrons. The molecule has 0 radical (unpaired) electrons. The lowest BCUT2D eigenvalue weighted by atomic mass is 9.51. The van der Waals surface area contributed by atoms with Crippen molar-refractivity contribution in [2.45, 2.75) is 51.2 Å². The smallest absolute Gasteiger partial charge is 0.255 e. The number of amides is 2. The van der Waals surface area contributed by atoms with Gasteiger partial charge in [-0.1, -0.05) is 25.1 Å². The second-order valence-corrected chi connectivity index (χ2v) is 10.6. The van der Waals surface area contributed by atoms with Crippen molar-refractivity contribution in [2.75, 3.05) is 19.0 Å². The van der Waals surface area contributed by atoms with E-state index in [1.807, 2.05) is 30.3 Å². The zero-order valence-corrected chi connectivity index (χ0v) is 19.3. The first-order chi connectivity index (χ1) is 15.9. The molecule has 3 fully saturated rings. The summed E-state index contributed by atoms with van der Waals surface area (Å²) in [4.78, 5) is 28.8. The molecule has 5 aliphatic rings. The molecule has 0 saturated heterocycles. The highest BCUT2D eigenvalue weighted by Gasteiger charge is 2.60. The number of benzene rings is 2. The van der Waals surface area contributed by atoms with E-state index in [-0.39, 0.29) is 29.1 Å². The number of carbonyl (C=O) groups is 2. The number of para-hydroxylation sites is 1. The minimum Gasteiger partial charge on any atom is -0.497 e. The first-order valence-electron chi connectivity index (χ1n) is 12.1. The maximum Gasteiger partial charge on any atom is 0.255 e. The number of nitrogens with zero attached hydrogens (tertiary/aromatic N) is 1. The molecule has 2 heterocycles. The number of hydrogen-bond donors (Lipinski definition) is 2. The lowest BCUT2D eigenvalue weighted by Crippen LogP contribution is -2.70. The van der Waals surface area contributed by atoms with E-state index in [0.717, 1.165) is 50.1 Å². The quantitative estimate of drug-likeness (QED) is 0.734. The maximum absolute atomic E-state index is 13.8. The predicted octanol–water partition coefficient (Wildman–Crippen LogP) is 3.96. The summed E-state index contributed by atoms with van der Waals surface area (Å²) in [5.74, 6) is 1.39. The Morgan fingerprint density at radius 1 is 1.15 bits per heavy atom. The van der Waals surface area contributed by atoms with E-state index in [2.05, 4.69) is 34.6 Å². The van der Waals surface area contributed by atoms with E-state index >= 15 is 0 Å². The lowest BCUT2D eigenvalue weighted by Gasteiger charge is -2.61. The molecule has 2 bridgehead atoms. The van der Waals surface area contributed by atoms with Crippen LogP contribution in [0.5, 0.6) is 5.75 Å². The lowest BCUT2D eigenvalue weighted by molar-refractivity contribution is -0.151. The van der Waals surface area contributed by atoms with Crippen molar-refractivity contribution < 1.29 is 14.3 Å². The highest BCUT2D eigenvalue weighted by molar-refractivity contribution is 6.02. The van der Waals surface area contributed by atoms with Crippen LogP contribution in [0.25, 0.3) is 0 Å². The van der Waals surface area contributed by atoms with Gasteiger partial charge in [0.25, 0.3) is 5.91 Å². The molecule has 1 spiro atoms. The topological polar surface area (TPSA) is 70.7 Å². The van der Waals surface area contributed by atoms with Crippen molar-refractivity contribution in [1.82, 2.24) is 10.2 Å². The van der Waals surface area contributed by atoms with Crippen LogP contribution in [0.3, 0.4) is 0 Å². The highest BCUT2D eigenvalue weighted by atomic mass is 16.5. The monoisotopic (exact) mass is 445 g/mol. The van der Waals surface area contributed by atoms with E-state index in [4.69, 9.17) is 4.74 Å². The van der Waals surface area contributed by atoms with Crippen molar-refractivity contribution in [3.63, 3.8) is 0 Å². The third-order valence-corrected chi connectivity index (χ3v) is 8.71. The Morgan fingerprint density at radius 3 is 2.82 bits per heavy atom. The van der Waals surface area contributed by atoms with Crippen LogP contribution < -0.4 is 15.4 Å². The number of nitrogens with one attached hydrogen (secondary N) is 2. The normalized spacial score (nSPS) is 31.9. The Kier molecular flexibility index (Phi) is 4.51. The van der Waals surface area contributed by atoms with E-state index < -0.39 is 5.66 Å². The molecule has 6 heteroatoms. The van der Waals surface area contributed by atoms with Gasteiger partial charge >= 0.3 is 0 Å². The summed E-state index contributed by atoms with van der Waals surface area (Å²) in [5, 5.41) is 7.01. The van der Waals surface area contributed by atoms with Gasteiger partial charge in [0.1, 0.15) is 11.4 Å². The standard InChI is InChI=1S/C27H31N3O3/c1-26-11-9-19(27(16-26)28-23-6-4-3-5-21(23)24(31)29-27)14-22(26)25(32)30-12-10-17-13-20(33-2)8-7-18(17)15-30/h3-8,13,19,22,28H,9-12,14-16H2,1-2H3,(H,29,31)/t19-,22+,26-,27-/m0/s1. The fraction of sp³-hybridized carbons (Fsp3) is 0.481. The number of ether oxygens (including phenoxy) is 1. The summed E-state index contributed by atoms with van der Waals surface area (Å²) in [6, 6.07) is 13.9. The van der Waals surface area contributed by atoms with Gasteiger partial charge in [0.15, 0.2) is 0 Å². The largest absolute Gasteiger partial charge is 0.497 e. The summed E-state index contributed by atoms with van der Waals surface area (Å²) >= 11 is 0. The molecule has 3 aliphatic carbocycles. The number of methoxy groups -OCH3 is 1. The minimum atomic E-state index is -0.458. The van der Waals surface area contributed by atoms with Crippen LogP contribution >= 0.6 is 0 Å². The van der Waals surface area contributed by atoms with E-state index in [9.17, 15) is 9.59 Å². The minimum absolute atomic E-state index is 0.00227. The van der Waals surface area contributed by atoms with E-state index in [0.29, 0.717) is 12.1 Å². The third kappa shape index (κ3) is 3.14. The molecule has 3 saturated carbocycles. The SMILES string of the molecule is COc1ccc2c(c1)CCN(C(=O)[C@H]1C[C@@H]3CC[C@@]1(C)C[C@]31NC(=O)c3ccccc3N1)C2. The average Bonchev–Trinajstić information content (AvgIpc) is 2.82. The Labute approximate surface area is 194 Å². The van der Waals surface area contributed by atoms with Gasteiger partial charge in [0.2, 0.25) is 5.91 Å². The van der Waals surface area contributed by atoms with Crippen molar-refractivity contribution >= 4 is 17.5 Å². The summed E-state index contributed by atoms with van der Waals surface area (Å²) in [7, 11) is 1.69. The highest BCUT2D eigenvalue weighted by Crippen LogP contribution is 2.59. The van der Waals surface area contributed by atoms with Crippen LogP contribution in [0.4, 0.5) is 5.69 Å². The second-order valence-electron chi connectivity index (χ2n) is 10.6. The van der Waals surface area contributed by atoms with Crippen LogP contribution in [-0.4, -0.2) is 36.0 Å². The molecule has 0 aromatic heterocycles. The van der Waals surface area contributed by atoms with Crippen molar-refractivity contribution in [3.05, 3.63) is 59.2 Å². The zero-order valence-electron chi connectivity index (χ0n) is 19.3. The van der Waals surface area contributed by atoms with Gasteiger partial charge in [-0.05, 0) is 72.9 Å². The van der Waals surface area contributed by atoms with Crippen LogP contribution in [-0.2, 0) is 17.8 Å². The molecule has 2 aliphatic heterocycles. The molecule has 0 unspecified atom stereocenters. The fourth-order valence-corrected chi connectivity index (χ4v) is 6.89. The van der Waals surface area contributed by atoms with Crippen LogP contribution in [0.15, 0.2) is 42.5 Å². The summed E-state index contributed by atoms with van der Waals surface area (Å²) in [6.45, 7) is 3.68. The molecule has 7 rings (SSSR count). The van der Waals surface area contributed by atoms with Gasteiger partial charge in [-0.15, -0.1) is 0 Å². The molecule has 2 N–H and O–H groups in total. The molecule has 4 atom stereocenters. The van der Waals surface area contributed by atoms with Crippen molar-refractivity contribution in [3.8, 4) is 5.75 Å². The Bertz CT molecular complexity index is 1150. The van der Waals surface area contributed by atoms with Crippen LogP contribution in [0, 0.1) is 17.3 Å². The molecule has 33 heavy (non-hydrogen) atoms. The molecular formula is C27H31N3O3. The second kappa shape index (κ2) is 7.24. The predicted molar refractivity (Wildman–Crippen MR) is 126 cm³/mol. The van der Waals surface area contributed by atoms with Gasteiger partial charge in [-0.25, -0.2) is 0 Å². The van der Waals surface area contributed by atoms with Crippen LogP contribution in [0.2, 0.25) is 0 Å². The first kappa shape index (κ1) is 20.6. The summed E-state index contributed by atoms with van der Waals surface area (Å²) in [6.07, 6.45) is 4.51. The number of anilines is 1. The number of rotatable bonds is 2. The Hall–Kier alpha value is -3.02. The summed E-state index contributed by atoms with van der Waals surface area (Å²) < 4.78 is 5.36. The van der Waals surface area contributed by atoms with Crippen LogP contribution in [0.1, 0.15) is 54.1 Å². The zero-order chi connectivity index (χ0) is 22.8. The molecule has 2 aromatic carbocycles. The molecule has 6 nitrogen and oxygen atoms in total. The number of fused-ring (bicyclic) bond motifs is 4. The van der Waals surface area contributed by atoms with E-state index in [1.165, 1.54) is 11.1 Å². The van der Waals surface area contributed by atoms with Crippen molar-refractivity contribution in [2.24, 2.45) is 17.3 Å². The van der Waals surface area contributed by atoms with Gasteiger partial charge in [0.05, 0.1) is 12.7 Å². The Morgan fingerprint density at radius 2 is 2.00 bits per heavy atom. The van der Waals surface area contributed by atoms with Gasteiger partial charge < -0.3 is 20.3 Å². The summed E-state index contributed by atoms with van der Waals surface area (Å²) in [5.41, 5.74) is 3.50. The molecular weight excluding hydrogens is 414 g/mol. The fourth-order valence-electron chi connectivity index (χ4n) is 6.89. The van der Waals surface area contributed by atoms with Gasteiger partial charge in [0, 0.05) is 30.6 Å². The van der Waals surface area contributed by atoms with Crippen molar-refractivity contribution in [1.29, 1.82) is 0 Å².